The number of rotatable bonds is 6. The summed E-state index contributed by atoms with van der Waals surface area (Å²) in [5.41, 5.74) is 1.66. The van der Waals surface area contributed by atoms with Gasteiger partial charge in [-0.15, -0.1) is 11.6 Å². The Morgan fingerprint density at radius 3 is 2.88 bits per heavy atom. The Hall–Kier alpha value is -1.02. The first-order valence-electron chi connectivity index (χ1n) is 6.13. The Morgan fingerprint density at radius 1 is 1.47 bits per heavy atom. The molecule has 0 aliphatic rings. The minimum Gasteiger partial charge on any atom is -0.350 e. The zero-order valence-electron chi connectivity index (χ0n) is 10.5. The maximum atomic E-state index is 11.9. The van der Waals surface area contributed by atoms with E-state index in [2.05, 4.69) is 12.2 Å². The van der Waals surface area contributed by atoms with Gasteiger partial charge < -0.3 is 5.32 Å². The van der Waals surface area contributed by atoms with Gasteiger partial charge in [0.25, 0.3) is 5.91 Å². The Labute approximate surface area is 108 Å². The van der Waals surface area contributed by atoms with E-state index in [1.807, 2.05) is 31.2 Å². The summed E-state index contributed by atoms with van der Waals surface area (Å²) < 4.78 is 0. The van der Waals surface area contributed by atoms with E-state index in [4.69, 9.17) is 11.6 Å². The molecule has 1 rings (SSSR count). The third kappa shape index (κ3) is 4.78. The van der Waals surface area contributed by atoms with Gasteiger partial charge in [0.05, 0.1) is 0 Å². The number of amides is 1. The second kappa shape index (κ2) is 7.33. The molecular formula is C14H20ClNO. The highest BCUT2D eigenvalue weighted by Crippen LogP contribution is 2.08. The van der Waals surface area contributed by atoms with Gasteiger partial charge in [-0.3, -0.25) is 4.79 Å². The Balaban J connectivity index is 2.56. The standard InChI is InChI=1S/C14H20ClNO/c1-3-4-6-11(2)16-14(17)13-8-5-7-12(9-13)10-15/h5,7-9,11H,3-4,6,10H2,1-2H3,(H,16,17). The fourth-order valence-electron chi connectivity index (χ4n) is 1.69. The maximum Gasteiger partial charge on any atom is 0.251 e. The second-order valence-corrected chi connectivity index (χ2v) is 4.62. The van der Waals surface area contributed by atoms with Crippen LogP contribution in [0.5, 0.6) is 0 Å². The molecule has 0 saturated carbocycles. The van der Waals surface area contributed by atoms with Gasteiger partial charge in [-0.1, -0.05) is 31.9 Å². The molecule has 1 aromatic carbocycles. The lowest BCUT2D eigenvalue weighted by molar-refractivity contribution is 0.0938. The predicted molar refractivity (Wildman–Crippen MR) is 72.5 cm³/mol. The van der Waals surface area contributed by atoms with E-state index in [9.17, 15) is 4.79 Å². The van der Waals surface area contributed by atoms with E-state index >= 15 is 0 Å². The van der Waals surface area contributed by atoms with Crippen LogP contribution in [0.15, 0.2) is 24.3 Å². The molecule has 94 valence electrons. The summed E-state index contributed by atoms with van der Waals surface area (Å²) in [5, 5.41) is 3.00. The molecule has 1 unspecified atom stereocenters. The average molecular weight is 254 g/mol. The van der Waals surface area contributed by atoms with Crippen molar-refractivity contribution in [3.63, 3.8) is 0 Å². The number of hydrogen-bond acceptors (Lipinski definition) is 1. The monoisotopic (exact) mass is 253 g/mol. The molecule has 1 aromatic rings. The van der Waals surface area contributed by atoms with Crippen molar-refractivity contribution in [2.45, 2.75) is 45.0 Å². The topological polar surface area (TPSA) is 29.1 Å². The van der Waals surface area contributed by atoms with Crippen LogP contribution in [0, 0.1) is 0 Å². The first-order valence-corrected chi connectivity index (χ1v) is 6.66. The molecule has 1 atom stereocenters. The van der Waals surface area contributed by atoms with Gasteiger partial charge >= 0.3 is 0 Å². The number of nitrogens with one attached hydrogen (secondary N) is 1. The highest BCUT2D eigenvalue weighted by Gasteiger charge is 2.09. The zero-order chi connectivity index (χ0) is 12.7. The first-order chi connectivity index (χ1) is 8.17. The zero-order valence-corrected chi connectivity index (χ0v) is 11.3. The molecule has 0 aromatic heterocycles. The number of hydrogen-bond donors (Lipinski definition) is 1. The van der Waals surface area contributed by atoms with Crippen molar-refractivity contribution in [3.8, 4) is 0 Å². The van der Waals surface area contributed by atoms with Crippen LogP contribution in [-0.2, 0) is 5.88 Å². The van der Waals surface area contributed by atoms with Crippen LogP contribution in [0.2, 0.25) is 0 Å². The average Bonchev–Trinajstić information content (AvgIpc) is 2.36. The maximum absolute atomic E-state index is 11.9. The number of unbranched alkanes of at least 4 members (excludes halogenated alkanes) is 1. The van der Waals surface area contributed by atoms with Crippen molar-refractivity contribution in [1.29, 1.82) is 0 Å². The van der Waals surface area contributed by atoms with E-state index in [0.717, 1.165) is 24.8 Å². The Morgan fingerprint density at radius 2 is 2.24 bits per heavy atom. The molecule has 3 heteroatoms. The summed E-state index contributed by atoms with van der Waals surface area (Å²) in [6, 6.07) is 7.67. The summed E-state index contributed by atoms with van der Waals surface area (Å²) in [7, 11) is 0. The lowest BCUT2D eigenvalue weighted by atomic mass is 10.1. The van der Waals surface area contributed by atoms with E-state index in [-0.39, 0.29) is 11.9 Å². The molecule has 1 amide bonds. The minimum atomic E-state index is -0.0134. The van der Waals surface area contributed by atoms with Gasteiger partial charge in [-0.25, -0.2) is 0 Å². The van der Waals surface area contributed by atoms with Gasteiger partial charge in [0.1, 0.15) is 0 Å². The quantitative estimate of drug-likeness (QED) is 0.769. The molecule has 0 spiro atoms. The Kier molecular flexibility index (Phi) is 6.06. The number of halogens is 1. The van der Waals surface area contributed by atoms with E-state index in [0.29, 0.717) is 11.4 Å². The van der Waals surface area contributed by atoms with Crippen molar-refractivity contribution in [2.24, 2.45) is 0 Å². The SMILES string of the molecule is CCCCC(C)NC(=O)c1cccc(CCl)c1. The largest absolute Gasteiger partial charge is 0.350 e. The number of carbonyl (C=O) groups is 1. The summed E-state index contributed by atoms with van der Waals surface area (Å²) in [6.45, 7) is 4.19. The third-order valence-electron chi connectivity index (χ3n) is 2.71. The van der Waals surface area contributed by atoms with Crippen molar-refractivity contribution in [1.82, 2.24) is 5.32 Å². The van der Waals surface area contributed by atoms with Crippen LogP contribution in [0.1, 0.15) is 49.0 Å². The molecular weight excluding hydrogens is 234 g/mol. The Bertz CT molecular complexity index is 365. The first kappa shape index (κ1) is 14.0. The van der Waals surface area contributed by atoms with Gasteiger partial charge in [0.2, 0.25) is 0 Å². The lowest BCUT2D eigenvalue weighted by Crippen LogP contribution is -2.32. The molecule has 0 aliphatic heterocycles. The molecule has 0 heterocycles. The molecule has 17 heavy (non-hydrogen) atoms. The molecule has 1 N–H and O–H groups in total. The van der Waals surface area contributed by atoms with Gasteiger partial charge in [0.15, 0.2) is 0 Å². The fraction of sp³-hybridized carbons (Fsp3) is 0.500. The van der Waals surface area contributed by atoms with Crippen molar-refractivity contribution in [2.75, 3.05) is 0 Å². The summed E-state index contributed by atoms with van der Waals surface area (Å²) in [6.07, 6.45) is 3.32. The fourth-order valence-corrected chi connectivity index (χ4v) is 1.85. The smallest absolute Gasteiger partial charge is 0.251 e. The number of alkyl halides is 1. The predicted octanol–water partition coefficient (Wildman–Crippen LogP) is 3.73. The van der Waals surface area contributed by atoms with Crippen molar-refractivity contribution >= 4 is 17.5 Å². The highest BCUT2D eigenvalue weighted by atomic mass is 35.5. The lowest BCUT2D eigenvalue weighted by Gasteiger charge is -2.13. The van der Waals surface area contributed by atoms with Gasteiger partial charge in [-0.2, -0.15) is 0 Å². The molecule has 0 aliphatic carbocycles. The highest BCUT2D eigenvalue weighted by molar-refractivity contribution is 6.17. The van der Waals surface area contributed by atoms with Crippen LogP contribution in [0.25, 0.3) is 0 Å². The van der Waals surface area contributed by atoms with Gasteiger partial charge in [-0.05, 0) is 31.0 Å². The van der Waals surface area contributed by atoms with E-state index < -0.39 is 0 Å². The molecule has 0 fully saturated rings. The van der Waals surface area contributed by atoms with E-state index in [1.165, 1.54) is 0 Å². The van der Waals surface area contributed by atoms with Gasteiger partial charge in [0, 0.05) is 17.5 Å². The normalized spacial score (nSPS) is 12.2. The number of benzene rings is 1. The van der Waals surface area contributed by atoms with Crippen molar-refractivity contribution in [3.05, 3.63) is 35.4 Å². The van der Waals surface area contributed by atoms with Crippen LogP contribution in [0.3, 0.4) is 0 Å². The molecule has 0 radical (unpaired) electrons. The second-order valence-electron chi connectivity index (χ2n) is 4.35. The minimum absolute atomic E-state index is 0.0134. The van der Waals surface area contributed by atoms with Crippen molar-refractivity contribution < 1.29 is 4.79 Å². The van der Waals surface area contributed by atoms with E-state index in [1.54, 1.807) is 0 Å². The van der Waals surface area contributed by atoms with Crippen LogP contribution < -0.4 is 5.32 Å². The van der Waals surface area contributed by atoms with Crippen LogP contribution in [-0.4, -0.2) is 11.9 Å². The summed E-state index contributed by atoms with van der Waals surface area (Å²) in [5.74, 6) is 0.424. The number of carbonyl (C=O) groups excluding carboxylic acids is 1. The summed E-state index contributed by atoms with van der Waals surface area (Å²) >= 11 is 5.75. The third-order valence-corrected chi connectivity index (χ3v) is 3.02. The molecule has 0 saturated heterocycles. The molecule has 0 bridgehead atoms. The summed E-state index contributed by atoms with van der Waals surface area (Å²) in [4.78, 5) is 11.9. The van der Waals surface area contributed by atoms with Crippen LogP contribution >= 0.6 is 11.6 Å². The molecule has 2 nitrogen and oxygen atoms in total. The van der Waals surface area contributed by atoms with Crippen LogP contribution in [0.4, 0.5) is 0 Å².